The molecule has 1 aliphatic heterocycles. The number of hydrogen-bond donors (Lipinski definition) is 1. The van der Waals surface area contributed by atoms with Gasteiger partial charge in [-0.25, -0.2) is 0 Å². The van der Waals surface area contributed by atoms with Gasteiger partial charge in [0.15, 0.2) is 0 Å². The molecule has 1 rings (SSSR count). The van der Waals surface area contributed by atoms with Crippen LogP contribution in [0.3, 0.4) is 0 Å². The topological polar surface area (TPSA) is 12.0 Å². The first kappa shape index (κ1) is 16.7. The zero-order valence-electron chi connectivity index (χ0n) is 12.6. The zero-order chi connectivity index (χ0) is 13.4. The summed E-state index contributed by atoms with van der Waals surface area (Å²) in [5.41, 5.74) is 0. The van der Waals surface area contributed by atoms with E-state index in [1.54, 1.807) is 0 Å². The van der Waals surface area contributed by atoms with Crippen molar-refractivity contribution in [2.24, 2.45) is 5.92 Å². The van der Waals surface area contributed by atoms with E-state index in [1.807, 2.05) is 0 Å². The van der Waals surface area contributed by atoms with E-state index in [1.165, 1.54) is 43.7 Å². The summed E-state index contributed by atoms with van der Waals surface area (Å²) in [6.45, 7) is 10.5. The minimum atomic E-state index is 0.732. The number of thioether (sulfide) groups is 2. The van der Waals surface area contributed by atoms with Crippen molar-refractivity contribution in [3.8, 4) is 0 Å². The van der Waals surface area contributed by atoms with Crippen molar-refractivity contribution in [2.45, 2.75) is 69.9 Å². The van der Waals surface area contributed by atoms with Gasteiger partial charge in [0.2, 0.25) is 0 Å². The maximum Gasteiger partial charge on any atom is 0.0320 e. The molecule has 0 aliphatic carbocycles. The normalized spacial score (nSPS) is 26.5. The summed E-state index contributed by atoms with van der Waals surface area (Å²) >= 11 is 4.43. The molecule has 1 nitrogen and oxygen atoms in total. The highest BCUT2D eigenvalue weighted by atomic mass is 32.2. The second-order valence-electron chi connectivity index (χ2n) is 5.68. The molecule has 0 aromatic carbocycles. The summed E-state index contributed by atoms with van der Waals surface area (Å²) in [7, 11) is 0. The van der Waals surface area contributed by atoms with Crippen molar-refractivity contribution in [2.75, 3.05) is 18.1 Å². The SMILES string of the molecule is CCCNC(CCC(C)C)C1SCCSC1CC. The lowest BCUT2D eigenvalue weighted by molar-refractivity contribution is 0.412. The zero-order valence-corrected chi connectivity index (χ0v) is 14.2. The fraction of sp³-hybridized carbons (Fsp3) is 1.00. The Kier molecular flexibility index (Phi) is 8.86. The van der Waals surface area contributed by atoms with Crippen LogP contribution in [-0.2, 0) is 0 Å². The summed E-state index contributed by atoms with van der Waals surface area (Å²) in [6, 6.07) is 0.732. The van der Waals surface area contributed by atoms with Gasteiger partial charge in [-0.15, -0.1) is 0 Å². The molecule has 0 bridgehead atoms. The van der Waals surface area contributed by atoms with E-state index < -0.39 is 0 Å². The molecule has 0 spiro atoms. The third kappa shape index (κ3) is 5.75. The van der Waals surface area contributed by atoms with E-state index in [-0.39, 0.29) is 0 Å². The highest BCUT2D eigenvalue weighted by Crippen LogP contribution is 2.36. The van der Waals surface area contributed by atoms with Gasteiger partial charge in [-0.1, -0.05) is 27.7 Å². The molecule has 3 heteroatoms. The minimum absolute atomic E-state index is 0.732. The fourth-order valence-electron chi connectivity index (χ4n) is 2.54. The summed E-state index contributed by atoms with van der Waals surface area (Å²) in [5.74, 6) is 3.53. The van der Waals surface area contributed by atoms with Crippen molar-refractivity contribution in [1.82, 2.24) is 5.32 Å². The Balaban J connectivity index is 2.54. The Bertz CT molecular complexity index is 209. The average Bonchev–Trinajstić information content (AvgIpc) is 2.38. The Hall–Kier alpha value is 0.660. The molecule has 1 aliphatic rings. The van der Waals surface area contributed by atoms with Crippen molar-refractivity contribution in [1.29, 1.82) is 0 Å². The second kappa shape index (κ2) is 9.55. The summed E-state index contributed by atoms with van der Waals surface area (Å²) < 4.78 is 0. The Morgan fingerprint density at radius 1 is 1.11 bits per heavy atom. The van der Waals surface area contributed by atoms with E-state index in [0.717, 1.165) is 22.5 Å². The molecule has 0 radical (unpaired) electrons. The average molecular weight is 290 g/mol. The molecule has 0 aromatic rings. The minimum Gasteiger partial charge on any atom is -0.313 e. The van der Waals surface area contributed by atoms with Crippen LogP contribution in [0, 0.1) is 5.92 Å². The second-order valence-corrected chi connectivity index (χ2v) is 8.32. The van der Waals surface area contributed by atoms with Crippen molar-refractivity contribution in [3.63, 3.8) is 0 Å². The molecule has 0 amide bonds. The highest BCUT2D eigenvalue weighted by Gasteiger charge is 2.31. The largest absolute Gasteiger partial charge is 0.313 e. The van der Waals surface area contributed by atoms with Crippen LogP contribution >= 0.6 is 23.5 Å². The van der Waals surface area contributed by atoms with Crippen molar-refractivity contribution < 1.29 is 0 Å². The molecular weight excluding hydrogens is 258 g/mol. The number of rotatable bonds is 8. The molecule has 18 heavy (non-hydrogen) atoms. The molecule has 0 aromatic heterocycles. The van der Waals surface area contributed by atoms with E-state index >= 15 is 0 Å². The van der Waals surface area contributed by atoms with E-state index in [9.17, 15) is 0 Å². The van der Waals surface area contributed by atoms with Gasteiger partial charge in [0, 0.05) is 28.0 Å². The van der Waals surface area contributed by atoms with Crippen molar-refractivity contribution >= 4 is 23.5 Å². The van der Waals surface area contributed by atoms with Gasteiger partial charge in [-0.3, -0.25) is 0 Å². The third-order valence-corrected chi connectivity index (χ3v) is 7.01. The van der Waals surface area contributed by atoms with E-state index in [2.05, 4.69) is 56.5 Å². The monoisotopic (exact) mass is 289 g/mol. The van der Waals surface area contributed by atoms with Crippen LogP contribution in [0.1, 0.15) is 53.4 Å². The van der Waals surface area contributed by atoms with Crippen LogP contribution < -0.4 is 5.32 Å². The molecule has 1 saturated heterocycles. The quantitative estimate of drug-likeness (QED) is 0.710. The summed E-state index contributed by atoms with van der Waals surface area (Å²) in [6.07, 6.45) is 5.29. The number of hydrogen-bond acceptors (Lipinski definition) is 3. The predicted octanol–water partition coefficient (Wildman–Crippen LogP) is 4.42. The van der Waals surface area contributed by atoms with Gasteiger partial charge in [0.25, 0.3) is 0 Å². The van der Waals surface area contributed by atoms with Crippen LogP contribution in [0.5, 0.6) is 0 Å². The smallest absolute Gasteiger partial charge is 0.0320 e. The van der Waals surface area contributed by atoms with E-state index in [4.69, 9.17) is 0 Å². The molecule has 108 valence electrons. The van der Waals surface area contributed by atoms with Crippen LogP contribution in [0.15, 0.2) is 0 Å². The molecule has 1 heterocycles. The van der Waals surface area contributed by atoms with Crippen molar-refractivity contribution in [3.05, 3.63) is 0 Å². The lowest BCUT2D eigenvalue weighted by Crippen LogP contribution is -2.45. The molecule has 3 atom stereocenters. The standard InChI is InChI=1S/C15H31NS2/c1-5-9-16-13(8-7-12(3)4)15-14(6-2)17-10-11-18-15/h12-16H,5-11H2,1-4H3. The van der Waals surface area contributed by atoms with Gasteiger partial charge in [0.05, 0.1) is 0 Å². The molecule has 3 unspecified atom stereocenters. The van der Waals surface area contributed by atoms with Crippen LogP contribution in [0.4, 0.5) is 0 Å². The van der Waals surface area contributed by atoms with Crippen LogP contribution in [-0.4, -0.2) is 34.6 Å². The molecular formula is C15H31NS2. The first-order valence-corrected chi connectivity index (χ1v) is 9.75. The maximum atomic E-state index is 3.82. The summed E-state index contributed by atoms with van der Waals surface area (Å²) in [4.78, 5) is 0. The number of nitrogens with one attached hydrogen (secondary N) is 1. The molecule has 1 N–H and O–H groups in total. The fourth-order valence-corrected chi connectivity index (χ4v) is 5.84. The Morgan fingerprint density at radius 2 is 1.83 bits per heavy atom. The van der Waals surface area contributed by atoms with Gasteiger partial charge < -0.3 is 5.32 Å². The van der Waals surface area contributed by atoms with Crippen LogP contribution in [0.2, 0.25) is 0 Å². The van der Waals surface area contributed by atoms with Gasteiger partial charge in [0.1, 0.15) is 0 Å². The first-order chi connectivity index (χ1) is 8.69. The third-order valence-electron chi connectivity index (χ3n) is 3.60. The highest BCUT2D eigenvalue weighted by molar-refractivity contribution is 8.07. The molecule has 1 fully saturated rings. The predicted molar refractivity (Wildman–Crippen MR) is 88.9 cm³/mol. The Labute approximate surface area is 123 Å². The van der Waals surface area contributed by atoms with Gasteiger partial charge in [-0.05, 0) is 38.1 Å². The molecule has 0 saturated carbocycles. The van der Waals surface area contributed by atoms with Crippen LogP contribution in [0.25, 0.3) is 0 Å². The lowest BCUT2D eigenvalue weighted by atomic mass is 9.98. The summed E-state index contributed by atoms with van der Waals surface area (Å²) in [5, 5.41) is 5.52. The first-order valence-electron chi connectivity index (χ1n) is 7.65. The lowest BCUT2D eigenvalue weighted by Gasteiger charge is -2.37. The van der Waals surface area contributed by atoms with Gasteiger partial charge in [-0.2, -0.15) is 23.5 Å². The maximum absolute atomic E-state index is 3.82. The van der Waals surface area contributed by atoms with Gasteiger partial charge >= 0.3 is 0 Å². The van der Waals surface area contributed by atoms with E-state index in [0.29, 0.717) is 0 Å². The Morgan fingerprint density at radius 3 is 2.44 bits per heavy atom.